The second kappa shape index (κ2) is 10.6. The molecule has 0 bridgehead atoms. The molecule has 0 aliphatic rings. The maximum absolute atomic E-state index is 5.94. The van der Waals surface area contributed by atoms with Crippen molar-refractivity contribution in [1.29, 1.82) is 0 Å². The monoisotopic (exact) mass is 348 g/mol. The van der Waals surface area contributed by atoms with E-state index in [1.807, 2.05) is 42.6 Å². The van der Waals surface area contributed by atoms with Crippen molar-refractivity contribution in [2.45, 2.75) is 44.4 Å². The number of benzene rings is 1. The highest BCUT2D eigenvalue weighted by atomic mass is 35.5. The summed E-state index contributed by atoms with van der Waals surface area (Å²) in [4.78, 5) is 4.14. The summed E-state index contributed by atoms with van der Waals surface area (Å²) in [5.74, 6) is 1.21. The summed E-state index contributed by atoms with van der Waals surface area (Å²) in [6.45, 7) is 3.21. The standard InChI is InChI=1S/C19H25ClN2S/c1-2-3-4-5-14-23-19(15-22-13-12-21-16-22)11-8-17-6-9-18(20)10-7-17/h6-13,16,19H,2-5,14-15H2,1H3/b11-8+. The lowest BCUT2D eigenvalue weighted by atomic mass is 10.2. The van der Waals surface area contributed by atoms with Crippen LogP contribution in [0.15, 0.2) is 49.1 Å². The summed E-state index contributed by atoms with van der Waals surface area (Å²) < 4.78 is 2.15. The van der Waals surface area contributed by atoms with Gasteiger partial charge in [0, 0.05) is 29.2 Å². The van der Waals surface area contributed by atoms with Crippen LogP contribution in [-0.4, -0.2) is 20.6 Å². The van der Waals surface area contributed by atoms with Crippen LogP contribution in [0, 0.1) is 0 Å². The summed E-state index contributed by atoms with van der Waals surface area (Å²) in [6, 6.07) is 7.98. The van der Waals surface area contributed by atoms with E-state index in [1.165, 1.54) is 37.0 Å². The van der Waals surface area contributed by atoms with Crippen molar-refractivity contribution in [3.63, 3.8) is 0 Å². The Morgan fingerprint density at radius 2 is 2.04 bits per heavy atom. The molecule has 0 aliphatic carbocycles. The topological polar surface area (TPSA) is 17.8 Å². The van der Waals surface area contributed by atoms with E-state index < -0.39 is 0 Å². The van der Waals surface area contributed by atoms with Gasteiger partial charge in [-0.15, -0.1) is 0 Å². The second-order valence-electron chi connectivity index (χ2n) is 5.64. The Hall–Kier alpha value is -1.19. The van der Waals surface area contributed by atoms with Gasteiger partial charge in [0.05, 0.1) is 6.33 Å². The van der Waals surface area contributed by atoms with Crippen molar-refractivity contribution in [3.8, 4) is 0 Å². The molecule has 0 spiro atoms. The summed E-state index contributed by atoms with van der Waals surface area (Å²) in [5, 5.41) is 1.24. The molecule has 0 N–H and O–H groups in total. The molecule has 0 fully saturated rings. The lowest BCUT2D eigenvalue weighted by molar-refractivity contribution is 0.700. The molecule has 1 heterocycles. The van der Waals surface area contributed by atoms with Crippen LogP contribution in [0.1, 0.15) is 38.2 Å². The summed E-state index contributed by atoms with van der Waals surface area (Å²) in [6.07, 6.45) is 15.5. The molecule has 0 amide bonds. The first-order chi connectivity index (χ1) is 11.3. The third kappa shape index (κ3) is 7.28. The summed E-state index contributed by atoms with van der Waals surface area (Å²) >= 11 is 7.97. The number of nitrogens with zero attached hydrogens (tertiary/aromatic N) is 2. The van der Waals surface area contributed by atoms with Gasteiger partial charge in [0.1, 0.15) is 0 Å². The van der Waals surface area contributed by atoms with Crippen molar-refractivity contribution >= 4 is 29.4 Å². The van der Waals surface area contributed by atoms with E-state index in [0.717, 1.165) is 11.6 Å². The minimum atomic E-state index is 0.460. The summed E-state index contributed by atoms with van der Waals surface area (Å²) in [7, 11) is 0. The molecule has 1 unspecified atom stereocenters. The van der Waals surface area contributed by atoms with Gasteiger partial charge >= 0.3 is 0 Å². The Bertz CT molecular complexity index is 564. The van der Waals surface area contributed by atoms with Crippen LogP contribution in [0.3, 0.4) is 0 Å². The van der Waals surface area contributed by atoms with E-state index in [0.29, 0.717) is 5.25 Å². The Balaban J connectivity index is 1.90. The number of imidazole rings is 1. The molecule has 2 rings (SSSR count). The molecule has 1 atom stereocenters. The number of halogens is 1. The minimum Gasteiger partial charge on any atom is -0.336 e. The molecule has 0 radical (unpaired) electrons. The third-order valence-electron chi connectivity index (χ3n) is 3.65. The smallest absolute Gasteiger partial charge is 0.0946 e. The number of unbranched alkanes of at least 4 members (excludes halogenated alkanes) is 3. The average molecular weight is 349 g/mol. The Morgan fingerprint density at radius 1 is 1.22 bits per heavy atom. The number of rotatable bonds is 10. The third-order valence-corrected chi connectivity index (χ3v) is 5.16. The van der Waals surface area contributed by atoms with Gasteiger partial charge in [-0.05, 0) is 29.9 Å². The van der Waals surface area contributed by atoms with Gasteiger partial charge in [0.25, 0.3) is 0 Å². The molecule has 23 heavy (non-hydrogen) atoms. The molecule has 0 aliphatic heterocycles. The van der Waals surface area contributed by atoms with E-state index in [-0.39, 0.29) is 0 Å². The van der Waals surface area contributed by atoms with Crippen molar-refractivity contribution in [3.05, 3.63) is 59.6 Å². The van der Waals surface area contributed by atoms with Crippen LogP contribution in [0.2, 0.25) is 5.02 Å². The first-order valence-electron chi connectivity index (χ1n) is 8.29. The first-order valence-corrected chi connectivity index (χ1v) is 9.71. The van der Waals surface area contributed by atoms with Crippen LogP contribution in [-0.2, 0) is 6.54 Å². The first kappa shape index (κ1) is 18.2. The number of hydrogen-bond acceptors (Lipinski definition) is 2. The van der Waals surface area contributed by atoms with Crippen LogP contribution in [0.5, 0.6) is 0 Å². The Kier molecular flexibility index (Phi) is 8.33. The molecule has 1 aromatic heterocycles. The molecule has 124 valence electrons. The van der Waals surface area contributed by atoms with Crippen molar-refractivity contribution in [2.24, 2.45) is 0 Å². The highest BCUT2D eigenvalue weighted by Crippen LogP contribution is 2.19. The molecular formula is C19H25ClN2S. The van der Waals surface area contributed by atoms with Crippen LogP contribution in [0.25, 0.3) is 6.08 Å². The molecule has 0 saturated heterocycles. The SMILES string of the molecule is CCCCCCSC(/C=C/c1ccc(Cl)cc1)Cn1ccnc1. The normalized spacial score (nSPS) is 12.8. The molecule has 2 nitrogen and oxygen atoms in total. The van der Waals surface area contributed by atoms with Gasteiger partial charge in [-0.2, -0.15) is 11.8 Å². The van der Waals surface area contributed by atoms with Gasteiger partial charge in [-0.25, -0.2) is 4.98 Å². The molecule has 1 aromatic carbocycles. The van der Waals surface area contributed by atoms with Gasteiger partial charge in [0.15, 0.2) is 0 Å². The summed E-state index contributed by atoms with van der Waals surface area (Å²) in [5.41, 5.74) is 1.19. The van der Waals surface area contributed by atoms with Gasteiger partial charge in [-0.3, -0.25) is 0 Å². The zero-order chi connectivity index (χ0) is 16.3. The predicted molar refractivity (Wildman–Crippen MR) is 103 cm³/mol. The number of hydrogen-bond donors (Lipinski definition) is 0. The van der Waals surface area contributed by atoms with E-state index in [4.69, 9.17) is 11.6 Å². The van der Waals surface area contributed by atoms with Crippen molar-refractivity contribution in [1.82, 2.24) is 9.55 Å². The van der Waals surface area contributed by atoms with Gasteiger partial charge in [0.2, 0.25) is 0 Å². The lowest BCUT2D eigenvalue weighted by Gasteiger charge is -2.13. The van der Waals surface area contributed by atoms with Crippen molar-refractivity contribution < 1.29 is 0 Å². The zero-order valence-corrected chi connectivity index (χ0v) is 15.3. The highest BCUT2D eigenvalue weighted by molar-refractivity contribution is 8.00. The quantitative estimate of drug-likeness (QED) is 0.495. The fourth-order valence-corrected chi connectivity index (χ4v) is 3.59. The maximum atomic E-state index is 5.94. The highest BCUT2D eigenvalue weighted by Gasteiger charge is 2.06. The van der Waals surface area contributed by atoms with Crippen LogP contribution < -0.4 is 0 Å². The van der Waals surface area contributed by atoms with E-state index >= 15 is 0 Å². The fourth-order valence-electron chi connectivity index (χ4n) is 2.33. The Morgan fingerprint density at radius 3 is 2.74 bits per heavy atom. The second-order valence-corrected chi connectivity index (χ2v) is 7.42. The van der Waals surface area contributed by atoms with Crippen LogP contribution >= 0.6 is 23.4 Å². The maximum Gasteiger partial charge on any atom is 0.0946 e. The predicted octanol–water partition coefficient (Wildman–Crippen LogP) is 5.93. The van der Waals surface area contributed by atoms with Gasteiger partial charge in [-0.1, -0.05) is 62.1 Å². The zero-order valence-electron chi connectivity index (χ0n) is 13.7. The molecular weight excluding hydrogens is 324 g/mol. The average Bonchev–Trinajstić information content (AvgIpc) is 3.06. The van der Waals surface area contributed by atoms with E-state index in [9.17, 15) is 0 Å². The van der Waals surface area contributed by atoms with Crippen LogP contribution in [0.4, 0.5) is 0 Å². The number of thioether (sulfide) groups is 1. The van der Waals surface area contributed by atoms with E-state index in [2.05, 4.69) is 40.8 Å². The van der Waals surface area contributed by atoms with Crippen molar-refractivity contribution in [2.75, 3.05) is 5.75 Å². The van der Waals surface area contributed by atoms with Gasteiger partial charge < -0.3 is 4.57 Å². The minimum absolute atomic E-state index is 0.460. The number of aromatic nitrogens is 2. The molecule has 0 saturated carbocycles. The Labute approximate surface area is 149 Å². The molecule has 2 aromatic rings. The fraction of sp³-hybridized carbons (Fsp3) is 0.421. The largest absolute Gasteiger partial charge is 0.336 e. The van der Waals surface area contributed by atoms with E-state index in [1.54, 1.807) is 0 Å². The molecule has 4 heteroatoms. The lowest BCUT2D eigenvalue weighted by Crippen LogP contribution is -2.10.